The molecule has 0 spiro atoms. The molecule has 0 aliphatic heterocycles. The van der Waals surface area contributed by atoms with Gasteiger partial charge in [-0.1, -0.05) is 29.8 Å². The third-order valence-electron chi connectivity index (χ3n) is 4.05. The summed E-state index contributed by atoms with van der Waals surface area (Å²) in [6.45, 7) is 3.79. The van der Waals surface area contributed by atoms with Crippen LogP contribution in [0.15, 0.2) is 48.8 Å². The third-order valence-corrected chi connectivity index (χ3v) is 4.05. The Kier molecular flexibility index (Phi) is 5.63. The monoisotopic (exact) mass is 396 g/mol. The zero-order valence-electron chi connectivity index (χ0n) is 15.6. The number of nitrogens with zero attached hydrogens (tertiary/aromatic N) is 3. The molecule has 2 aromatic carbocycles. The molecule has 0 aliphatic rings. The molecule has 1 amide bonds. The summed E-state index contributed by atoms with van der Waals surface area (Å²) in [4.78, 5) is 30.8. The highest BCUT2D eigenvalue weighted by atomic mass is 19.1. The number of aryl methyl sites for hydroxylation is 2. The van der Waals surface area contributed by atoms with E-state index < -0.39 is 22.3 Å². The van der Waals surface area contributed by atoms with Crippen LogP contribution in [-0.2, 0) is 0 Å². The van der Waals surface area contributed by atoms with E-state index in [1.54, 1.807) is 6.07 Å². The van der Waals surface area contributed by atoms with Crippen LogP contribution >= 0.6 is 0 Å². The summed E-state index contributed by atoms with van der Waals surface area (Å²) < 4.78 is 13.7. The van der Waals surface area contributed by atoms with Crippen molar-refractivity contribution in [3.05, 3.63) is 81.4 Å². The minimum Gasteiger partial charge on any atom is -0.334 e. The van der Waals surface area contributed by atoms with Gasteiger partial charge in [-0.15, -0.1) is 0 Å². The molecular weight excluding hydrogens is 379 g/mol. The lowest BCUT2D eigenvalue weighted by Crippen LogP contribution is -2.31. The fraction of sp³-hybridized carbons (Fsp3) is 0.105. The third kappa shape index (κ3) is 4.43. The van der Waals surface area contributed by atoms with E-state index in [1.165, 1.54) is 18.2 Å². The van der Waals surface area contributed by atoms with Gasteiger partial charge in [0.15, 0.2) is 0 Å². The number of anilines is 3. The van der Waals surface area contributed by atoms with Crippen LogP contribution in [0.4, 0.5) is 27.4 Å². The number of aromatic nitrogens is 2. The standard InChI is InChI=1S/C19H17FN6O3/c1-11-7-8-15(12(2)9-11)23-17-16(26(28)29)18(22-10-21-17)24-25-19(27)13-5-3-4-6-14(13)20/h3-10H,1-2H3,(H,25,27)(H2,21,22,23,24). The average molecular weight is 396 g/mol. The Balaban J connectivity index is 1.86. The summed E-state index contributed by atoms with van der Waals surface area (Å²) in [7, 11) is 0. The molecule has 0 atom stereocenters. The highest BCUT2D eigenvalue weighted by molar-refractivity contribution is 5.95. The molecule has 0 fully saturated rings. The predicted molar refractivity (Wildman–Crippen MR) is 105 cm³/mol. The van der Waals surface area contributed by atoms with Gasteiger partial charge < -0.3 is 5.32 Å². The van der Waals surface area contributed by atoms with E-state index in [0.29, 0.717) is 5.69 Å². The fourth-order valence-electron chi connectivity index (χ4n) is 2.64. The highest BCUT2D eigenvalue weighted by Gasteiger charge is 2.24. The molecule has 0 unspecified atom stereocenters. The van der Waals surface area contributed by atoms with E-state index >= 15 is 0 Å². The number of hydrogen-bond donors (Lipinski definition) is 3. The van der Waals surface area contributed by atoms with Crippen molar-refractivity contribution in [2.24, 2.45) is 0 Å². The predicted octanol–water partition coefficient (Wildman–Crippen LogP) is 3.64. The Labute approximate surface area is 165 Å². The van der Waals surface area contributed by atoms with E-state index in [0.717, 1.165) is 23.5 Å². The number of hydrogen-bond acceptors (Lipinski definition) is 7. The van der Waals surface area contributed by atoms with Gasteiger partial charge >= 0.3 is 5.69 Å². The van der Waals surface area contributed by atoms with Crippen LogP contribution in [0.1, 0.15) is 21.5 Å². The van der Waals surface area contributed by atoms with E-state index in [2.05, 4.69) is 26.1 Å². The lowest BCUT2D eigenvalue weighted by atomic mass is 10.1. The van der Waals surface area contributed by atoms with Crippen molar-refractivity contribution in [1.82, 2.24) is 15.4 Å². The van der Waals surface area contributed by atoms with Crippen molar-refractivity contribution in [1.29, 1.82) is 0 Å². The number of hydrazine groups is 1. The Morgan fingerprint density at radius 1 is 1.10 bits per heavy atom. The molecule has 29 heavy (non-hydrogen) atoms. The smallest absolute Gasteiger partial charge is 0.334 e. The summed E-state index contributed by atoms with van der Waals surface area (Å²) >= 11 is 0. The first-order chi connectivity index (χ1) is 13.9. The van der Waals surface area contributed by atoms with Gasteiger partial charge in [0.1, 0.15) is 12.1 Å². The van der Waals surface area contributed by atoms with Gasteiger partial charge in [0.05, 0.1) is 10.5 Å². The van der Waals surface area contributed by atoms with E-state index in [1.807, 2.05) is 26.0 Å². The van der Waals surface area contributed by atoms with Crippen LogP contribution in [0.25, 0.3) is 0 Å². The van der Waals surface area contributed by atoms with Crippen LogP contribution in [0.3, 0.4) is 0 Å². The number of rotatable bonds is 6. The fourth-order valence-corrected chi connectivity index (χ4v) is 2.64. The zero-order chi connectivity index (χ0) is 21.0. The number of benzene rings is 2. The molecule has 3 N–H and O–H groups in total. The summed E-state index contributed by atoms with van der Waals surface area (Å²) in [5, 5.41) is 14.5. The number of carbonyl (C=O) groups is 1. The zero-order valence-corrected chi connectivity index (χ0v) is 15.6. The molecular formula is C19H17FN6O3. The second kappa shape index (κ2) is 8.30. The maximum atomic E-state index is 13.7. The van der Waals surface area contributed by atoms with Gasteiger partial charge in [-0.2, -0.15) is 0 Å². The number of carbonyl (C=O) groups excluding carboxylic acids is 1. The SMILES string of the molecule is Cc1ccc(Nc2ncnc(NNC(=O)c3ccccc3F)c2[N+](=O)[O-])c(C)c1. The first kappa shape index (κ1) is 19.7. The summed E-state index contributed by atoms with van der Waals surface area (Å²) in [6, 6.07) is 10.9. The van der Waals surface area contributed by atoms with Crippen LogP contribution in [0.5, 0.6) is 0 Å². The lowest BCUT2D eigenvalue weighted by molar-refractivity contribution is -0.383. The Hall–Kier alpha value is -4.08. The van der Waals surface area contributed by atoms with Gasteiger partial charge in [0.25, 0.3) is 5.91 Å². The van der Waals surface area contributed by atoms with Crippen LogP contribution in [0, 0.1) is 29.8 Å². The molecule has 0 aliphatic carbocycles. The molecule has 0 saturated carbocycles. The number of nitro groups is 1. The quantitative estimate of drug-likeness (QED) is 0.429. The maximum absolute atomic E-state index is 13.7. The topological polar surface area (TPSA) is 122 Å². The summed E-state index contributed by atoms with van der Waals surface area (Å²) in [5.41, 5.74) is 6.45. The largest absolute Gasteiger partial charge is 0.355 e. The van der Waals surface area contributed by atoms with Gasteiger partial charge in [0.2, 0.25) is 11.6 Å². The van der Waals surface area contributed by atoms with Crippen molar-refractivity contribution in [2.75, 3.05) is 10.7 Å². The second-order valence-corrected chi connectivity index (χ2v) is 6.18. The van der Waals surface area contributed by atoms with Crippen LogP contribution in [-0.4, -0.2) is 20.8 Å². The van der Waals surface area contributed by atoms with Crippen molar-refractivity contribution in [2.45, 2.75) is 13.8 Å². The van der Waals surface area contributed by atoms with Gasteiger partial charge in [-0.25, -0.2) is 14.4 Å². The molecule has 9 nitrogen and oxygen atoms in total. The number of nitrogens with one attached hydrogen (secondary N) is 3. The second-order valence-electron chi connectivity index (χ2n) is 6.18. The molecule has 148 valence electrons. The van der Waals surface area contributed by atoms with Crippen molar-refractivity contribution >= 4 is 28.9 Å². The average Bonchev–Trinajstić information content (AvgIpc) is 2.68. The molecule has 1 heterocycles. The molecule has 3 aromatic rings. The normalized spacial score (nSPS) is 10.3. The van der Waals surface area contributed by atoms with Gasteiger partial charge in [-0.05, 0) is 37.6 Å². The summed E-state index contributed by atoms with van der Waals surface area (Å²) in [6.07, 6.45) is 1.11. The van der Waals surface area contributed by atoms with Crippen molar-refractivity contribution < 1.29 is 14.1 Å². The van der Waals surface area contributed by atoms with Gasteiger partial charge in [0, 0.05) is 5.69 Å². The van der Waals surface area contributed by atoms with Crippen LogP contribution in [0.2, 0.25) is 0 Å². The Morgan fingerprint density at radius 2 is 1.83 bits per heavy atom. The molecule has 0 bridgehead atoms. The number of halogens is 1. The van der Waals surface area contributed by atoms with Crippen molar-refractivity contribution in [3.8, 4) is 0 Å². The molecule has 0 radical (unpaired) electrons. The van der Waals surface area contributed by atoms with Gasteiger partial charge in [-0.3, -0.25) is 25.8 Å². The van der Waals surface area contributed by atoms with Crippen LogP contribution < -0.4 is 16.2 Å². The summed E-state index contributed by atoms with van der Waals surface area (Å²) in [5.74, 6) is -1.83. The van der Waals surface area contributed by atoms with E-state index in [9.17, 15) is 19.3 Å². The lowest BCUT2D eigenvalue weighted by Gasteiger charge is -2.12. The Bertz CT molecular complexity index is 1090. The number of amides is 1. The van der Waals surface area contributed by atoms with E-state index in [-0.39, 0.29) is 17.2 Å². The Morgan fingerprint density at radius 3 is 2.52 bits per heavy atom. The molecule has 0 saturated heterocycles. The molecule has 3 rings (SSSR count). The van der Waals surface area contributed by atoms with E-state index in [4.69, 9.17) is 0 Å². The maximum Gasteiger partial charge on any atom is 0.355 e. The highest BCUT2D eigenvalue weighted by Crippen LogP contribution is 2.31. The van der Waals surface area contributed by atoms with Crippen molar-refractivity contribution in [3.63, 3.8) is 0 Å². The molecule has 1 aromatic heterocycles. The first-order valence-corrected chi connectivity index (χ1v) is 8.51. The first-order valence-electron chi connectivity index (χ1n) is 8.51. The minimum atomic E-state index is -0.806. The minimum absolute atomic E-state index is 0.0559. The molecule has 10 heteroatoms.